The number of aromatic amines is 1. The molecule has 23 heavy (non-hydrogen) atoms. The van der Waals surface area contributed by atoms with Crippen molar-refractivity contribution in [3.05, 3.63) is 47.3 Å². The summed E-state index contributed by atoms with van der Waals surface area (Å²) in [6.07, 6.45) is 3.71. The minimum atomic E-state index is -0.582. The maximum Gasteiger partial charge on any atom is 0.239 e. The molecule has 0 aliphatic rings. The molecule has 0 aliphatic heterocycles. The summed E-state index contributed by atoms with van der Waals surface area (Å²) in [6, 6.07) is 3.41. The van der Waals surface area contributed by atoms with Crippen molar-refractivity contribution in [2.45, 2.75) is 32.9 Å². The molecule has 0 spiro atoms. The van der Waals surface area contributed by atoms with Crippen molar-refractivity contribution in [2.75, 3.05) is 7.05 Å². The smallest absolute Gasteiger partial charge is 0.239 e. The van der Waals surface area contributed by atoms with E-state index in [4.69, 9.17) is 5.73 Å². The van der Waals surface area contributed by atoms with Crippen LogP contribution in [-0.2, 0) is 17.8 Å². The van der Waals surface area contributed by atoms with Gasteiger partial charge in [0.15, 0.2) is 0 Å². The van der Waals surface area contributed by atoms with Gasteiger partial charge < -0.3 is 15.6 Å². The number of carbonyl (C=O) groups is 1. The molecule has 0 saturated carbocycles. The number of aryl methyl sites for hydroxylation is 2. The molecule has 0 radical (unpaired) electrons. The first kappa shape index (κ1) is 21.4. The number of nitrogens with one attached hydrogen (secondary N) is 1. The molecule has 2 aromatic rings. The van der Waals surface area contributed by atoms with E-state index in [9.17, 15) is 4.79 Å². The van der Waals surface area contributed by atoms with E-state index in [1.54, 1.807) is 24.5 Å². The molecule has 0 aromatic carbocycles. The number of likely N-dealkylation sites (N-methyl/N-ethyl adjacent to an activating group) is 1. The molecule has 128 valence electrons. The fourth-order valence-electron chi connectivity index (χ4n) is 2.33. The predicted octanol–water partition coefficient (Wildman–Crippen LogP) is 1.79. The molecular weight excluding hydrogens is 337 g/mol. The monoisotopic (exact) mass is 359 g/mol. The van der Waals surface area contributed by atoms with E-state index >= 15 is 0 Å². The van der Waals surface area contributed by atoms with Gasteiger partial charge in [0.1, 0.15) is 0 Å². The van der Waals surface area contributed by atoms with Crippen LogP contribution in [0, 0.1) is 13.8 Å². The second-order valence-electron chi connectivity index (χ2n) is 5.36. The Hall–Kier alpha value is -1.63. The largest absolute Gasteiger partial charge is 0.348 e. The third-order valence-corrected chi connectivity index (χ3v) is 3.24. The third-order valence-electron chi connectivity index (χ3n) is 3.24. The highest BCUT2D eigenvalue weighted by atomic mass is 35.5. The summed E-state index contributed by atoms with van der Waals surface area (Å²) in [5, 5.41) is 0. The van der Waals surface area contributed by atoms with Crippen molar-refractivity contribution in [1.82, 2.24) is 19.9 Å². The van der Waals surface area contributed by atoms with Gasteiger partial charge in [-0.2, -0.15) is 0 Å². The van der Waals surface area contributed by atoms with Gasteiger partial charge in [-0.05, 0) is 31.5 Å². The zero-order valence-corrected chi connectivity index (χ0v) is 15.1. The lowest BCUT2D eigenvalue weighted by atomic mass is 10.1. The molecule has 0 saturated heterocycles. The molecule has 2 heterocycles. The van der Waals surface area contributed by atoms with E-state index in [-0.39, 0.29) is 30.7 Å². The Bertz CT molecular complexity index is 598. The van der Waals surface area contributed by atoms with Gasteiger partial charge in [-0.15, -0.1) is 24.8 Å². The second kappa shape index (κ2) is 9.50. The van der Waals surface area contributed by atoms with Crippen LogP contribution in [0.5, 0.6) is 0 Å². The van der Waals surface area contributed by atoms with Gasteiger partial charge in [0, 0.05) is 31.1 Å². The topological polar surface area (TPSA) is 87.9 Å². The molecule has 0 bridgehead atoms. The van der Waals surface area contributed by atoms with Gasteiger partial charge in [0.2, 0.25) is 5.91 Å². The Morgan fingerprint density at radius 2 is 2.04 bits per heavy atom. The minimum absolute atomic E-state index is 0. The Morgan fingerprint density at radius 3 is 2.61 bits per heavy atom. The number of hydrogen-bond donors (Lipinski definition) is 2. The molecular formula is C15H23Cl2N5O. The van der Waals surface area contributed by atoms with Gasteiger partial charge in [-0.1, -0.05) is 0 Å². The number of imidazole rings is 1. The van der Waals surface area contributed by atoms with Crippen molar-refractivity contribution in [2.24, 2.45) is 5.73 Å². The van der Waals surface area contributed by atoms with E-state index in [2.05, 4.69) is 15.0 Å². The quantitative estimate of drug-likeness (QED) is 0.851. The van der Waals surface area contributed by atoms with Crippen LogP contribution in [0.25, 0.3) is 0 Å². The van der Waals surface area contributed by atoms with Gasteiger partial charge in [0.05, 0.1) is 24.6 Å². The van der Waals surface area contributed by atoms with Crippen LogP contribution in [0.3, 0.4) is 0 Å². The molecule has 3 N–H and O–H groups in total. The maximum atomic E-state index is 12.3. The normalized spacial score (nSPS) is 11.1. The van der Waals surface area contributed by atoms with E-state index in [1.165, 1.54) is 0 Å². The molecule has 0 fully saturated rings. The number of rotatable bonds is 5. The SMILES string of the molecule is Cc1cc(C)nc(CN(C)C(=O)[C@@H](N)Cc2cnc[nH]2)c1.Cl.Cl. The van der Waals surface area contributed by atoms with Crippen LogP contribution in [0.1, 0.15) is 22.6 Å². The van der Waals surface area contributed by atoms with Crippen molar-refractivity contribution >= 4 is 30.7 Å². The average Bonchev–Trinajstić information content (AvgIpc) is 2.89. The van der Waals surface area contributed by atoms with Gasteiger partial charge in [0.25, 0.3) is 0 Å². The van der Waals surface area contributed by atoms with E-state index in [0.29, 0.717) is 13.0 Å². The summed E-state index contributed by atoms with van der Waals surface area (Å²) in [6.45, 7) is 4.42. The molecule has 2 aromatic heterocycles. The van der Waals surface area contributed by atoms with E-state index < -0.39 is 6.04 Å². The molecule has 1 atom stereocenters. The van der Waals surface area contributed by atoms with Crippen molar-refractivity contribution in [3.8, 4) is 0 Å². The van der Waals surface area contributed by atoms with Crippen molar-refractivity contribution < 1.29 is 4.79 Å². The van der Waals surface area contributed by atoms with Gasteiger partial charge >= 0.3 is 0 Å². The molecule has 1 amide bonds. The average molecular weight is 360 g/mol. The minimum Gasteiger partial charge on any atom is -0.348 e. The highest BCUT2D eigenvalue weighted by Gasteiger charge is 2.19. The van der Waals surface area contributed by atoms with E-state index in [1.807, 2.05) is 26.0 Å². The third kappa shape index (κ3) is 6.17. The van der Waals surface area contributed by atoms with E-state index in [0.717, 1.165) is 22.6 Å². The molecule has 0 aliphatic carbocycles. The Labute approximate surface area is 148 Å². The van der Waals surface area contributed by atoms with Crippen LogP contribution >= 0.6 is 24.8 Å². The van der Waals surface area contributed by atoms with Crippen LogP contribution in [0.15, 0.2) is 24.7 Å². The first-order chi connectivity index (χ1) is 9.95. The number of pyridine rings is 1. The first-order valence-corrected chi connectivity index (χ1v) is 6.87. The van der Waals surface area contributed by atoms with Crippen molar-refractivity contribution in [3.63, 3.8) is 0 Å². The number of H-pyrrole nitrogens is 1. The number of nitrogens with zero attached hydrogens (tertiary/aromatic N) is 3. The highest BCUT2D eigenvalue weighted by molar-refractivity contribution is 5.85. The summed E-state index contributed by atoms with van der Waals surface area (Å²) < 4.78 is 0. The fourth-order valence-corrected chi connectivity index (χ4v) is 2.33. The molecule has 2 rings (SSSR count). The summed E-state index contributed by atoms with van der Waals surface area (Å²) in [4.78, 5) is 25.2. The number of amides is 1. The lowest BCUT2D eigenvalue weighted by molar-refractivity contribution is -0.131. The first-order valence-electron chi connectivity index (χ1n) is 6.87. The van der Waals surface area contributed by atoms with Crippen LogP contribution in [-0.4, -0.2) is 38.8 Å². The summed E-state index contributed by atoms with van der Waals surface area (Å²) >= 11 is 0. The number of hydrogen-bond acceptors (Lipinski definition) is 4. The van der Waals surface area contributed by atoms with Gasteiger partial charge in [-0.3, -0.25) is 9.78 Å². The fraction of sp³-hybridized carbons (Fsp3) is 0.400. The van der Waals surface area contributed by atoms with Crippen molar-refractivity contribution in [1.29, 1.82) is 0 Å². The zero-order valence-electron chi connectivity index (χ0n) is 13.4. The Morgan fingerprint density at radius 1 is 1.35 bits per heavy atom. The number of aromatic nitrogens is 3. The molecule has 8 heteroatoms. The number of carbonyl (C=O) groups excluding carboxylic acids is 1. The standard InChI is InChI=1S/C15H21N5O.2ClH/c1-10-4-11(2)19-13(5-10)8-20(3)15(21)14(16)6-12-7-17-9-18-12;;/h4-5,7,9,14H,6,8,16H2,1-3H3,(H,17,18);2*1H/t14-;;/m0../s1. The Kier molecular flexibility index (Phi) is 8.82. The highest BCUT2D eigenvalue weighted by Crippen LogP contribution is 2.08. The van der Waals surface area contributed by atoms with Crippen LogP contribution < -0.4 is 5.73 Å². The maximum absolute atomic E-state index is 12.3. The van der Waals surface area contributed by atoms with Crippen LogP contribution in [0.2, 0.25) is 0 Å². The summed E-state index contributed by atoms with van der Waals surface area (Å²) in [7, 11) is 1.74. The summed E-state index contributed by atoms with van der Waals surface area (Å²) in [5.74, 6) is -0.106. The predicted molar refractivity (Wildman–Crippen MR) is 94.9 cm³/mol. The molecule has 0 unspecified atom stereocenters. The number of halogens is 2. The zero-order chi connectivity index (χ0) is 15.4. The van der Waals surface area contributed by atoms with Crippen LogP contribution in [0.4, 0.5) is 0 Å². The lowest BCUT2D eigenvalue weighted by Gasteiger charge is -2.21. The lowest BCUT2D eigenvalue weighted by Crippen LogP contribution is -2.42. The summed E-state index contributed by atoms with van der Waals surface area (Å²) in [5.41, 5.74) is 9.78. The molecule has 6 nitrogen and oxygen atoms in total. The Balaban J connectivity index is 0.00000242. The number of nitrogens with two attached hydrogens (primary N) is 1. The van der Waals surface area contributed by atoms with Gasteiger partial charge in [-0.25, -0.2) is 4.98 Å². The second-order valence-corrected chi connectivity index (χ2v) is 5.36.